The summed E-state index contributed by atoms with van der Waals surface area (Å²) < 4.78 is 43.3. The molecule has 3 rings (SSSR count). The fraction of sp³-hybridized carbons (Fsp3) is 0.238. The molecule has 0 saturated heterocycles. The van der Waals surface area contributed by atoms with Gasteiger partial charge in [-0.05, 0) is 42.3 Å². The molecular formula is C21H19F2N3O6. The fourth-order valence-corrected chi connectivity index (χ4v) is 3.20. The molecule has 0 bridgehead atoms. The van der Waals surface area contributed by atoms with E-state index in [2.05, 4.69) is 4.99 Å². The van der Waals surface area contributed by atoms with Crippen molar-refractivity contribution in [3.63, 3.8) is 0 Å². The van der Waals surface area contributed by atoms with E-state index in [1.807, 2.05) is 0 Å². The maximum absolute atomic E-state index is 14.0. The molecule has 0 N–H and O–H groups in total. The average Bonchev–Trinajstić information content (AvgIpc) is 2.77. The lowest BCUT2D eigenvalue weighted by Gasteiger charge is -2.35. The molecule has 1 atom stereocenters. The summed E-state index contributed by atoms with van der Waals surface area (Å²) in [5.41, 5.74) is 1.04. The summed E-state index contributed by atoms with van der Waals surface area (Å²) in [6.45, 7) is 1.76. The summed E-state index contributed by atoms with van der Waals surface area (Å²) >= 11 is 0. The van der Waals surface area contributed by atoms with Crippen molar-refractivity contribution in [1.29, 1.82) is 0 Å². The monoisotopic (exact) mass is 447 g/mol. The lowest BCUT2D eigenvalue weighted by Crippen LogP contribution is -2.45. The summed E-state index contributed by atoms with van der Waals surface area (Å²) in [7, 11) is 2.75. The van der Waals surface area contributed by atoms with Gasteiger partial charge in [0.15, 0.2) is 11.6 Å². The highest BCUT2D eigenvalue weighted by Gasteiger charge is 2.38. The largest absolute Gasteiger partial charge is 0.468 e. The summed E-state index contributed by atoms with van der Waals surface area (Å²) in [6, 6.07) is 7.05. The van der Waals surface area contributed by atoms with Crippen LogP contribution in [0.3, 0.4) is 0 Å². The van der Waals surface area contributed by atoms with Crippen LogP contribution in [0.1, 0.15) is 18.5 Å². The number of hydrogen-bond acceptors (Lipinski definition) is 7. The zero-order chi connectivity index (χ0) is 23.4. The van der Waals surface area contributed by atoms with Crippen LogP contribution in [0.25, 0.3) is 0 Å². The van der Waals surface area contributed by atoms with E-state index in [-0.39, 0.29) is 29.6 Å². The molecule has 9 nitrogen and oxygen atoms in total. The molecule has 2 aromatic rings. The van der Waals surface area contributed by atoms with E-state index >= 15 is 0 Å². The number of benzene rings is 2. The molecule has 0 radical (unpaired) electrons. The third-order valence-corrected chi connectivity index (χ3v) is 4.73. The van der Waals surface area contributed by atoms with Crippen LogP contribution in [0, 0.1) is 21.7 Å². The third-order valence-electron chi connectivity index (χ3n) is 4.73. The Kier molecular flexibility index (Phi) is 6.79. The predicted molar refractivity (Wildman–Crippen MR) is 109 cm³/mol. The number of aliphatic imine (C=N–C) groups is 1. The first-order chi connectivity index (χ1) is 15.3. The molecule has 0 aromatic heterocycles. The van der Waals surface area contributed by atoms with Crippen LogP contribution < -0.4 is 4.74 Å². The van der Waals surface area contributed by atoms with Crippen molar-refractivity contribution in [3.8, 4) is 5.75 Å². The Morgan fingerprint density at radius 1 is 1.16 bits per heavy atom. The number of rotatable bonds is 5. The van der Waals surface area contributed by atoms with Crippen LogP contribution in [0.2, 0.25) is 0 Å². The maximum atomic E-state index is 14.0. The second-order valence-electron chi connectivity index (χ2n) is 6.73. The molecule has 1 unspecified atom stereocenters. The van der Waals surface area contributed by atoms with Crippen LogP contribution in [-0.4, -0.2) is 42.8 Å². The summed E-state index contributed by atoms with van der Waals surface area (Å²) in [4.78, 5) is 28.7. The highest BCUT2D eigenvalue weighted by Crippen LogP contribution is 2.36. The smallest absolute Gasteiger partial charge is 0.424 e. The van der Waals surface area contributed by atoms with E-state index < -0.39 is 28.7 Å². The number of nitrogens with zero attached hydrogens (tertiary/aromatic N) is 3. The number of nitro groups is 1. The van der Waals surface area contributed by atoms with Gasteiger partial charge >= 0.3 is 12.1 Å². The minimum Gasteiger partial charge on any atom is -0.468 e. The zero-order valence-corrected chi connectivity index (χ0v) is 17.4. The molecule has 11 heteroatoms. The number of amides is 1. The van der Waals surface area contributed by atoms with Gasteiger partial charge in [0.25, 0.3) is 5.69 Å². The first-order valence-corrected chi connectivity index (χ1v) is 9.28. The zero-order valence-electron chi connectivity index (χ0n) is 17.4. The van der Waals surface area contributed by atoms with E-state index in [1.54, 1.807) is 6.92 Å². The van der Waals surface area contributed by atoms with E-state index in [0.717, 1.165) is 17.0 Å². The Labute approximate surface area is 181 Å². The van der Waals surface area contributed by atoms with Gasteiger partial charge in [-0.2, -0.15) is 4.99 Å². The quantitative estimate of drug-likeness (QED) is 0.499. The summed E-state index contributed by atoms with van der Waals surface area (Å²) in [5.74, 6) is -2.10. The Balaban J connectivity index is 2.02. The number of methoxy groups -OCH3 is 2. The standard InChI is InChI=1S/C21H19F2N3O6/c1-12-18(11-30-2)24-20(31-3)25(19(12)13-4-9-16(22)17(23)10-13)21(27)32-15-7-5-14(6-8-15)26(28)29/h4-10,19H,11H2,1-3H3. The number of carbonyl (C=O) groups excluding carboxylic acids is 1. The van der Waals surface area contributed by atoms with Crippen LogP contribution in [-0.2, 0) is 9.47 Å². The molecule has 32 heavy (non-hydrogen) atoms. The number of amidine groups is 1. The second-order valence-corrected chi connectivity index (χ2v) is 6.73. The second kappa shape index (κ2) is 9.52. The fourth-order valence-electron chi connectivity index (χ4n) is 3.20. The van der Waals surface area contributed by atoms with Crippen LogP contribution in [0.15, 0.2) is 58.7 Å². The van der Waals surface area contributed by atoms with Gasteiger partial charge in [-0.3, -0.25) is 10.1 Å². The Bertz CT molecular complexity index is 1100. The normalized spacial score (nSPS) is 16.0. The lowest BCUT2D eigenvalue weighted by atomic mass is 9.95. The first-order valence-electron chi connectivity index (χ1n) is 9.28. The molecule has 0 saturated carbocycles. The van der Waals surface area contributed by atoms with Crippen molar-refractivity contribution in [2.75, 3.05) is 20.8 Å². The van der Waals surface area contributed by atoms with Crippen molar-refractivity contribution in [3.05, 3.63) is 81.0 Å². The Hall–Kier alpha value is -3.86. The molecule has 2 aromatic carbocycles. The van der Waals surface area contributed by atoms with Crippen molar-refractivity contribution in [2.24, 2.45) is 4.99 Å². The topological polar surface area (TPSA) is 104 Å². The summed E-state index contributed by atoms with van der Waals surface area (Å²) in [6.07, 6.45) is -0.940. The molecule has 1 aliphatic heterocycles. The number of ether oxygens (including phenoxy) is 3. The minimum atomic E-state index is -1.09. The van der Waals surface area contributed by atoms with Gasteiger partial charge in [-0.25, -0.2) is 18.5 Å². The highest BCUT2D eigenvalue weighted by molar-refractivity contribution is 5.94. The van der Waals surface area contributed by atoms with E-state index in [0.29, 0.717) is 11.3 Å². The van der Waals surface area contributed by atoms with Gasteiger partial charge < -0.3 is 14.2 Å². The molecule has 0 aliphatic carbocycles. The van der Waals surface area contributed by atoms with E-state index in [9.17, 15) is 23.7 Å². The van der Waals surface area contributed by atoms with Crippen molar-refractivity contribution >= 4 is 17.8 Å². The van der Waals surface area contributed by atoms with Gasteiger partial charge in [0, 0.05) is 19.2 Å². The van der Waals surface area contributed by atoms with Crippen molar-refractivity contribution in [2.45, 2.75) is 13.0 Å². The SMILES string of the molecule is COCC1=C(C)C(c2ccc(F)c(F)c2)N(C(=O)Oc2ccc([N+](=O)[O-])cc2)C(OC)=N1. The maximum Gasteiger partial charge on any atom is 0.424 e. The average molecular weight is 447 g/mol. The number of hydrogen-bond donors (Lipinski definition) is 0. The van der Waals surface area contributed by atoms with E-state index in [4.69, 9.17) is 14.2 Å². The molecule has 1 heterocycles. The molecular weight excluding hydrogens is 428 g/mol. The molecule has 0 fully saturated rings. The molecule has 168 valence electrons. The summed E-state index contributed by atoms with van der Waals surface area (Å²) in [5, 5.41) is 10.8. The van der Waals surface area contributed by atoms with Gasteiger partial charge in [0.05, 0.1) is 30.4 Å². The van der Waals surface area contributed by atoms with Gasteiger partial charge in [0.1, 0.15) is 5.75 Å². The first kappa shape index (κ1) is 22.8. The molecule has 0 spiro atoms. The molecule has 1 amide bonds. The van der Waals surface area contributed by atoms with Crippen molar-refractivity contribution < 1.29 is 32.7 Å². The number of nitro benzene ring substituents is 1. The third kappa shape index (κ3) is 4.57. The minimum absolute atomic E-state index is 0.0319. The van der Waals surface area contributed by atoms with Crippen molar-refractivity contribution in [1.82, 2.24) is 4.90 Å². The number of halogens is 2. The van der Waals surface area contributed by atoms with E-state index in [1.165, 1.54) is 44.6 Å². The highest BCUT2D eigenvalue weighted by atomic mass is 19.2. The number of carbonyl (C=O) groups is 1. The predicted octanol–water partition coefficient (Wildman–Crippen LogP) is 4.35. The lowest BCUT2D eigenvalue weighted by molar-refractivity contribution is -0.384. The van der Waals surface area contributed by atoms with Crippen LogP contribution in [0.5, 0.6) is 5.75 Å². The van der Waals surface area contributed by atoms with Gasteiger partial charge in [-0.15, -0.1) is 0 Å². The Morgan fingerprint density at radius 3 is 2.41 bits per heavy atom. The Morgan fingerprint density at radius 2 is 1.84 bits per heavy atom. The number of non-ortho nitro benzene ring substituents is 1. The van der Waals surface area contributed by atoms with Gasteiger partial charge in [0.2, 0.25) is 0 Å². The van der Waals surface area contributed by atoms with Crippen LogP contribution in [0.4, 0.5) is 19.3 Å². The van der Waals surface area contributed by atoms with Gasteiger partial charge in [-0.1, -0.05) is 6.07 Å². The van der Waals surface area contributed by atoms with Crippen LogP contribution >= 0.6 is 0 Å². The molecule has 1 aliphatic rings.